The predicted molar refractivity (Wildman–Crippen MR) is 125 cm³/mol. The molecule has 0 saturated carbocycles. The molecule has 0 aliphatic carbocycles. The molecular weight excluding hydrogens is 582 g/mol. The lowest BCUT2D eigenvalue weighted by molar-refractivity contribution is 0.0489. The highest BCUT2D eigenvalue weighted by Gasteiger charge is 2.52. The Morgan fingerprint density at radius 1 is 0.560 bits per heavy atom. The molecule has 0 atom stereocenters. The summed E-state index contributed by atoms with van der Waals surface area (Å²) < 4.78 is 33.5. The van der Waals surface area contributed by atoms with Crippen molar-refractivity contribution in [3.8, 4) is 0 Å². The number of hydrogen-bond donors (Lipinski definition) is 0. The molecule has 0 aromatic rings. The largest absolute Gasteiger partial charge is 0.493 e. The van der Waals surface area contributed by atoms with Gasteiger partial charge in [-0.15, -0.1) is 0 Å². The van der Waals surface area contributed by atoms with Crippen LogP contribution in [0.25, 0.3) is 0 Å². The molecule has 9 heteroatoms. The molecule has 0 heterocycles. The van der Waals surface area contributed by atoms with Gasteiger partial charge in [-0.3, -0.25) is 0 Å². The van der Waals surface area contributed by atoms with Gasteiger partial charge in [-0.2, -0.15) is 0 Å². The average molecular weight is 618 g/mol. The maximum atomic E-state index is 6.66. The van der Waals surface area contributed by atoms with Gasteiger partial charge in [0.05, 0.1) is 0 Å². The van der Waals surface area contributed by atoms with Gasteiger partial charge >= 0.3 is 17.6 Å². The Bertz CT molecular complexity index is 274. The molecule has 0 radical (unpaired) electrons. The van der Waals surface area contributed by atoms with Crippen molar-refractivity contribution in [3.63, 3.8) is 0 Å². The van der Waals surface area contributed by atoms with Crippen LogP contribution in [0.15, 0.2) is 0 Å². The maximum absolute atomic E-state index is 6.66. The fourth-order valence-electron chi connectivity index (χ4n) is 2.58. The smallest absolute Gasteiger partial charge is 0.374 e. The predicted octanol–water partition coefficient (Wildman–Crippen LogP) is 5.46. The molecule has 0 rings (SSSR count). The zero-order valence-corrected chi connectivity index (χ0v) is 22.6. The second-order valence-corrected chi connectivity index (χ2v) is 13.4. The summed E-state index contributed by atoms with van der Waals surface area (Å²) in [5, 5.41) is 0. The third kappa shape index (κ3) is 11.3. The lowest BCUT2D eigenvalue weighted by atomic mass is 10.4. The second-order valence-electron chi connectivity index (χ2n) is 5.49. The Kier molecular flexibility index (Phi) is 17.8. The monoisotopic (exact) mass is 618 g/mol. The van der Waals surface area contributed by atoms with E-state index in [4.69, 9.17) is 21.8 Å². The third-order valence-electron chi connectivity index (χ3n) is 3.50. The molecular formula is C16H36I2O5Si2. The van der Waals surface area contributed by atoms with Crippen molar-refractivity contribution in [2.75, 3.05) is 35.3 Å². The summed E-state index contributed by atoms with van der Waals surface area (Å²) in [7, 11) is -5.59. The Balaban J connectivity index is 5.40. The van der Waals surface area contributed by atoms with Crippen LogP contribution in [0.2, 0.25) is 12.1 Å². The molecule has 0 saturated heterocycles. The van der Waals surface area contributed by atoms with Crippen LogP contribution in [0.1, 0.15) is 53.4 Å². The summed E-state index contributed by atoms with van der Waals surface area (Å²) in [4.78, 5) is 0. The van der Waals surface area contributed by atoms with E-state index in [1.165, 1.54) is 0 Å². The summed E-state index contributed by atoms with van der Waals surface area (Å²) in [6.07, 6.45) is 4.38. The van der Waals surface area contributed by atoms with E-state index in [2.05, 4.69) is 45.2 Å². The van der Waals surface area contributed by atoms with E-state index in [9.17, 15) is 0 Å². The summed E-state index contributed by atoms with van der Waals surface area (Å²) in [5.74, 6) is 0. The van der Waals surface area contributed by atoms with Gasteiger partial charge < -0.3 is 21.8 Å². The molecule has 5 nitrogen and oxygen atoms in total. The first-order chi connectivity index (χ1) is 12.1. The van der Waals surface area contributed by atoms with Gasteiger partial charge in [0, 0.05) is 38.5 Å². The maximum Gasteiger partial charge on any atom is 0.493 e. The molecule has 0 aromatic heterocycles. The first kappa shape index (κ1) is 26.7. The van der Waals surface area contributed by atoms with Gasteiger partial charge in [0.15, 0.2) is 0 Å². The molecule has 0 fully saturated rings. The van der Waals surface area contributed by atoms with Crippen LogP contribution >= 0.6 is 45.2 Å². The van der Waals surface area contributed by atoms with Gasteiger partial charge in [0.1, 0.15) is 0 Å². The van der Waals surface area contributed by atoms with Gasteiger partial charge in [-0.25, -0.2) is 0 Å². The topological polar surface area (TPSA) is 46.2 Å². The van der Waals surface area contributed by atoms with E-state index in [0.717, 1.165) is 46.6 Å². The summed E-state index contributed by atoms with van der Waals surface area (Å²) in [5.41, 5.74) is 0. The van der Waals surface area contributed by atoms with Crippen molar-refractivity contribution in [2.24, 2.45) is 0 Å². The lowest BCUT2D eigenvalue weighted by Crippen LogP contribution is -2.59. The highest BCUT2D eigenvalue weighted by atomic mass is 127. The van der Waals surface area contributed by atoms with Crippen LogP contribution in [0.4, 0.5) is 0 Å². The number of hydrogen-bond acceptors (Lipinski definition) is 5. The highest BCUT2D eigenvalue weighted by Crippen LogP contribution is 2.29. The highest BCUT2D eigenvalue weighted by molar-refractivity contribution is 14.1. The molecule has 0 spiro atoms. The van der Waals surface area contributed by atoms with Gasteiger partial charge in [-0.1, -0.05) is 45.2 Å². The molecule has 152 valence electrons. The molecule has 0 amide bonds. The zero-order chi connectivity index (χ0) is 19.0. The quantitative estimate of drug-likeness (QED) is 0.0885. The first-order valence-electron chi connectivity index (χ1n) is 9.45. The first-order valence-corrected chi connectivity index (χ1v) is 16.4. The van der Waals surface area contributed by atoms with Gasteiger partial charge in [0.2, 0.25) is 0 Å². The van der Waals surface area contributed by atoms with E-state index >= 15 is 0 Å². The van der Waals surface area contributed by atoms with E-state index in [0.29, 0.717) is 26.4 Å². The van der Waals surface area contributed by atoms with Crippen molar-refractivity contribution >= 4 is 62.8 Å². The van der Waals surface area contributed by atoms with Crippen molar-refractivity contribution in [1.29, 1.82) is 0 Å². The zero-order valence-electron chi connectivity index (χ0n) is 16.3. The molecule has 0 aliphatic heterocycles. The molecule has 0 bridgehead atoms. The van der Waals surface area contributed by atoms with E-state index in [1.807, 2.05) is 27.7 Å². The van der Waals surface area contributed by atoms with Gasteiger partial charge in [0.25, 0.3) is 0 Å². The summed E-state index contributed by atoms with van der Waals surface area (Å²) in [6.45, 7) is 10.4. The van der Waals surface area contributed by atoms with Crippen molar-refractivity contribution in [3.05, 3.63) is 0 Å². The fourth-order valence-corrected chi connectivity index (χ4v) is 11.2. The Morgan fingerprint density at radius 3 is 1.12 bits per heavy atom. The summed E-state index contributed by atoms with van der Waals surface area (Å²) in [6, 6.07) is 1.66. The Hall–Kier alpha value is 1.69. The molecule has 0 unspecified atom stereocenters. The SMILES string of the molecule is CCO[Si](CCCCI)(OCC)O[Si](CCCCI)(OCC)OCC. The number of alkyl halides is 2. The Labute approximate surface area is 184 Å². The van der Waals surface area contributed by atoms with Crippen LogP contribution in [0.5, 0.6) is 0 Å². The molecule has 25 heavy (non-hydrogen) atoms. The number of unbranched alkanes of at least 4 members (excludes halogenated alkanes) is 2. The molecule has 0 aliphatic rings. The van der Waals surface area contributed by atoms with Crippen molar-refractivity contribution in [1.82, 2.24) is 0 Å². The average Bonchev–Trinajstić information content (AvgIpc) is 2.56. The molecule has 0 aromatic carbocycles. The number of halogens is 2. The van der Waals surface area contributed by atoms with E-state index in [-0.39, 0.29) is 0 Å². The molecule has 0 N–H and O–H groups in total. The van der Waals surface area contributed by atoms with Crippen molar-refractivity contribution in [2.45, 2.75) is 65.5 Å². The van der Waals surface area contributed by atoms with E-state index in [1.54, 1.807) is 0 Å². The van der Waals surface area contributed by atoms with Crippen molar-refractivity contribution < 1.29 is 21.8 Å². The second kappa shape index (κ2) is 16.6. The minimum atomic E-state index is -2.80. The standard InChI is InChI=1S/C16H36I2O5Si2/c1-5-19-24(20-6-2,15-11-9-13-17)23-25(21-7-3,22-8-4)16-12-10-14-18/h5-16H2,1-4H3. The normalized spacial score (nSPS) is 12.7. The van der Waals surface area contributed by atoms with E-state index < -0.39 is 17.6 Å². The third-order valence-corrected chi connectivity index (χ3v) is 12.4. The van der Waals surface area contributed by atoms with Gasteiger partial charge in [-0.05, 0) is 62.2 Å². The van der Waals surface area contributed by atoms with Crippen LogP contribution < -0.4 is 0 Å². The van der Waals surface area contributed by atoms with Crippen LogP contribution in [0, 0.1) is 0 Å². The van der Waals surface area contributed by atoms with Crippen LogP contribution in [0.3, 0.4) is 0 Å². The minimum absolute atomic E-state index is 0.590. The van der Waals surface area contributed by atoms with Crippen LogP contribution in [-0.2, 0) is 21.8 Å². The lowest BCUT2D eigenvalue weighted by Gasteiger charge is -2.38. The number of rotatable bonds is 18. The summed E-state index contributed by atoms with van der Waals surface area (Å²) >= 11 is 4.82. The fraction of sp³-hybridized carbons (Fsp3) is 1.00. The minimum Gasteiger partial charge on any atom is -0.374 e. The van der Waals surface area contributed by atoms with Crippen LogP contribution in [-0.4, -0.2) is 52.9 Å². The Morgan fingerprint density at radius 2 is 0.880 bits per heavy atom.